The standard InChI is InChI=1S/C18H21NOS/c1-4-17-16(15-7-5-6-8-18(15)20-17)11-19-10-14-9-12(2)13(3)21-14/h5-9,19H,4,10-11H2,1-3H3. The van der Waals surface area contributed by atoms with E-state index in [4.69, 9.17) is 4.42 Å². The summed E-state index contributed by atoms with van der Waals surface area (Å²) >= 11 is 1.88. The highest BCUT2D eigenvalue weighted by atomic mass is 32.1. The van der Waals surface area contributed by atoms with Gasteiger partial charge in [-0.2, -0.15) is 0 Å². The molecular weight excluding hydrogens is 278 g/mol. The minimum Gasteiger partial charge on any atom is -0.461 e. The van der Waals surface area contributed by atoms with Crippen molar-refractivity contribution >= 4 is 22.3 Å². The Morgan fingerprint density at radius 2 is 1.95 bits per heavy atom. The highest BCUT2D eigenvalue weighted by Gasteiger charge is 2.12. The van der Waals surface area contributed by atoms with Crippen molar-refractivity contribution in [3.05, 3.63) is 57.0 Å². The summed E-state index contributed by atoms with van der Waals surface area (Å²) in [4.78, 5) is 2.81. The lowest BCUT2D eigenvalue weighted by Crippen LogP contribution is -2.12. The third-order valence-electron chi connectivity index (χ3n) is 3.92. The average Bonchev–Trinajstić information content (AvgIpc) is 3.00. The van der Waals surface area contributed by atoms with Gasteiger partial charge in [-0.15, -0.1) is 11.3 Å². The van der Waals surface area contributed by atoms with Gasteiger partial charge in [-0.05, 0) is 31.5 Å². The minimum absolute atomic E-state index is 0.857. The second-order valence-electron chi connectivity index (χ2n) is 5.41. The van der Waals surface area contributed by atoms with E-state index in [2.05, 4.69) is 44.3 Å². The number of aryl methyl sites for hydroxylation is 3. The summed E-state index contributed by atoms with van der Waals surface area (Å²) < 4.78 is 5.94. The van der Waals surface area contributed by atoms with Crippen LogP contribution in [0, 0.1) is 13.8 Å². The van der Waals surface area contributed by atoms with E-state index < -0.39 is 0 Å². The van der Waals surface area contributed by atoms with Crippen LogP contribution in [0.25, 0.3) is 11.0 Å². The molecule has 0 bridgehead atoms. The molecule has 2 aromatic heterocycles. The molecule has 3 rings (SSSR count). The first-order valence-electron chi connectivity index (χ1n) is 7.45. The van der Waals surface area contributed by atoms with E-state index in [1.807, 2.05) is 23.5 Å². The Hall–Kier alpha value is -1.58. The third kappa shape index (κ3) is 2.89. The third-order valence-corrected chi connectivity index (χ3v) is 5.07. The lowest BCUT2D eigenvalue weighted by molar-refractivity contribution is 0.544. The highest BCUT2D eigenvalue weighted by Crippen LogP contribution is 2.26. The van der Waals surface area contributed by atoms with Crippen LogP contribution >= 0.6 is 11.3 Å². The van der Waals surface area contributed by atoms with E-state index in [0.717, 1.165) is 30.9 Å². The predicted molar refractivity (Wildman–Crippen MR) is 89.9 cm³/mol. The summed E-state index contributed by atoms with van der Waals surface area (Å²) in [5.41, 5.74) is 3.69. The van der Waals surface area contributed by atoms with Gasteiger partial charge in [-0.1, -0.05) is 25.1 Å². The number of hydrogen-bond donors (Lipinski definition) is 1. The van der Waals surface area contributed by atoms with Crippen molar-refractivity contribution in [3.8, 4) is 0 Å². The molecule has 3 aromatic rings. The Morgan fingerprint density at radius 3 is 2.67 bits per heavy atom. The van der Waals surface area contributed by atoms with E-state index in [1.165, 1.54) is 26.3 Å². The molecule has 0 spiro atoms. The van der Waals surface area contributed by atoms with Gasteiger partial charge in [0.05, 0.1) is 0 Å². The van der Waals surface area contributed by atoms with Crippen molar-refractivity contribution in [2.24, 2.45) is 0 Å². The van der Waals surface area contributed by atoms with Crippen molar-refractivity contribution in [1.29, 1.82) is 0 Å². The predicted octanol–water partition coefficient (Wildman–Crippen LogP) is 4.96. The molecule has 0 aliphatic heterocycles. The number of hydrogen-bond acceptors (Lipinski definition) is 3. The summed E-state index contributed by atoms with van der Waals surface area (Å²) in [5, 5.41) is 4.80. The van der Waals surface area contributed by atoms with Crippen molar-refractivity contribution in [2.75, 3.05) is 0 Å². The van der Waals surface area contributed by atoms with Gasteiger partial charge in [-0.3, -0.25) is 0 Å². The first kappa shape index (κ1) is 14.4. The molecule has 21 heavy (non-hydrogen) atoms. The molecule has 2 nitrogen and oxygen atoms in total. The number of benzene rings is 1. The van der Waals surface area contributed by atoms with Gasteiger partial charge < -0.3 is 9.73 Å². The molecule has 0 amide bonds. The van der Waals surface area contributed by atoms with Gasteiger partial charge in [0.25, 0.3) is 0 Å². The summed E-state index contributed by atoms with van der Waals surface area (Å²) in [6.07, 6.45) is 0.933. The Kier molecular flexibility index (Phi) is 4.13. The number of fused-ring (bicyclic) bond motifs is 1. The van der Waals surface area contributed by atoms with Gasteiger partial charge in [0.2, 0.25) is 0 Å². The highest BCUT2D eigenvalue weighted by molar-refractivity contribution is 7.12. The van der Waals surface area contributed by atoms with E-state index in [-0.39, 0.29) is 0 Å². The van der Waals surface area contributed by atoms with Crippen molar-refractivity contribution in [2.45, 2.75) is 40.3 Å². The SMILES string of the molecule is CCc1oc2ccccc2c1CNCc1cc(C)c(C)s1. The number of rotatable bonds is 5. The molecule has 0 aliphatic rings. The maximum absolute atomic E-state index is 5.94. The molecule has 0 atom stereocenters. The van der Waals surface area contributed by atoms with Crippen molar-refractivity contribution in [1.82, 2.24) is 5.32 Å². The molecule has 0 aliphatic carbocycles. The quantitative estimate of drug-likeness (QED) is 0.720. The van der Waals surface area contributed by atoms with Crippen LogP contribution in [0.1, 0.15) is 33.6 Å². The van der Waals surface area contributed by atoms with E-state index in [0.29, 0.717) is 0 Å². The van der Waals surface area contributed by atoms with Crippen LogP contribution < -0.4 is 5.32 Å². The van der Waals surface area contributed by atoms with E-state index in [9.17, 15) is 0 Å². The second-order valence-corrected chi connectivity index (χ2v) is 6.75. The van der Waals surface area contributed by atoms with Crippen LogP contribution in [0.4, 0.5) is 0 Å². The molecular formula is C18H21NOS. The maximum Gasteiger partial charge on any atom is 0.134 e. The van der Waals surface area contributed by atoms with Crippen LogP contribution in [-0.2, 0) is 19.5 Å². The van der Waals surface area contributed by atoms with Gasteiger partial charge in [0.1, 0.15) is 11.3 Å². The molecule has 0 fully saturated rings. The first-order valence-corrected chi connectivity index (χ1v) is 8.26. The Bertz CT molecular complexity index is 734. The van der Waals surface area contributed by atoms with Crippen LogP contribution in [0.5, 0.6) is 0 Å². The normalized spacial score (nSPS) is 11.4. The molecule has 1 aromatic carbocycles. The summed E-state index contributed by atoms with van der Waals surface area (Å²) in [6.45, 7) is 8.28. The summed E-state index contributed by atoms with van der Waals surface area (Å²) in [5.74, 6) is 1.10. The zero-order chi connectivity index (χ0) is 14.8. The Labute approximate surface area is 129 Å². The topological polar surface area (TPSA) is 25.2 Å². The molecule has 110 valence electrons. The van der Waals surface area contributed by atoms with E-state index >= 15 is 0 Å². The van der Waals surface area contributed by atoms with E-state index in [1.54, 1.807) is 0 Å². The second kappa shape index (κ2) is 6.04. The fourth-order valence-corrected chi connectivity index (χ4v) is 3.70. The fourth-order valence-electron chi connectivity index (χ4n) is 2.68. The minimum atomic E-state index is 0.857. The van der Waals surface area contributed by atoms with Crippen LogP contribution in [0.15, 0.2) is 34.7 Å². The number of nitrogens with one attached hydrogen (secondary N) is 1. The van der Waals surface area contributed by atoms with Crippen LogP contribution in [-0.4, -0.2) is 0 Å². The number of para-hydroxylation sites is 1. The monoisotopic (exact) mass is 299 g/mol. The Morgan fingerprint density at radius 1 is 1.14 bits per heavy atom. The largest absolute Gasteiger partial charge is 0.461 e. The van der Waals surface area contributed by atoms with Crippen LogP contribution in [0.2, 0.25) is 0 Å². The van der Waals surface area contributed by atoms with Gasteiger partial charge in [-0.25, -0.2) is 0 Å². The molecule has 0 unspecified atom stereocenters. The molecule has 0 saturated carbocycles. The van der Waals surface area contributed by atoms with Crippen molar-refractivity contribution in [3.63, 3.8) is 0 Å². The molecule has 2 heterocycles. The zero-order valence-corrected chi connectivity index (χ0v) is 13.6. The maximum atomic E-state index is 5.94. The molecule has 0 radical (unpaired) electrons. The molecule has 3 heteroatoms. The lowest BCUT2D eigenvalue weighted by atomic mass is 10.1. The van der Waals surface area contributed by atoms with Gasteiger partial charge in [0, 0.05) is 40.2 Å². The average molecular weight is 299 g/mol. The van der Waals surface area contributed by atoms with Crippen molar-refractivity contribution < 1.29 is 4.42 Å². The molecule has 0 saturated heterocycles. The number of thiophene rings is 1. The zero-order valence-electron chi connectivity index (χ0n) is 12.8. The van der Waals surface area contributed by atoms with Crippen LogP contribution in [0.3, 0.4) is 0 Å². The van der Waals surface area contributed by atoms with Gasteiger partial charge in [0.15, 0.2) is 0 Å². The molecule has 1 N–H and O–H groups in total. The summed E-state index contributed by atoms with van der Waals surface area (Å²) in [7, 11) is 0. The first-order chi connectivity index (χ1) is 10.2. The fraction of sp³-hybridized carbons (Fsp3) is 0.333. The lowest BCUT2D eigenvalue weighted by Gasteiger charge is -2.04. The smallest absolute Gasteiger partial charge is 0.134 e. The Balaban J connectivity index is 1.75. The summed E-state index contributed by atoms with van der Waals surface area (Å²) in [6, 6.07) is 10.6. The number of furan rings is 1. The van der Waals surface area contributed by atoms with Gasteiger partial charge >= 0.3 is 0 Å².